The lowest BCUT2D eigenvalue weighted by Crippen LogP contribution is -2.30. The zero-order valence-corrected chi connectivity index (χ0v) is 17.8. The largest absolute Gasteiger partial charge is 0.344 e. The van der Waals surface area contributed by atoms with Crippen LogP contribution in [0.1, 0.15) is 31.0 Å². The average Bonchev–Trinajstić information content (AvgIpc) is 3.19. The van der Waals surface area contributed by atoms with E-state index in [9.17, 15) is 9.59 Å². The lowest BCUT2D eigenvalue weighted by molar-refractivity contribution is -0.119. The smallest absolute Gasteiger partial charge is 0.231 e. The van der Waals surface area contributed by atoms with Gasteiger partial charge in [0.15, 0.2) is 4.34 Å². The van der Waals surface area contributed by atoms with Crippen LogP contribution in [0.5, 0.6) is 0 Å². The van der Waals surface area contributed by atoms with E-state index < -0.39 is 0 Å². The van der Waals surface area contributed by atoms with Gasteiger partial charge in [-0.2, -0.15) is 0 Å². The van der Waals surface area contributed by atoms with Crippen LogP contribution in [0.15, 0.2) is 65.0 Å². The molecule has 150 valence electrons. The van der Waals surface area contributed by atoms with Gasteiger partial charge in [0.2, 0.25) is 16.9 Å². The number of nitrogens with one attached hydrogen (secondary N) is 2. The van der Waals surface area contributed by atoms with Crippen LogP contribution >= 0.6 is 23.1 Å². The number of carbonyl (C=O) groups excluding carboxylic acids is 2. The number of anilines is 1. The van der Waals surface area contributed by atoms with Crippen molar-refractivity contribution in [3.8, 4) is 0 Å². The molecule has 1 aromatic heterocycles. The Morgan fingerprint density at radius 2 is 1.55 bits per heavy atom. The Morgan fingerprint density at radius 1 is 0.966 bits per heavy atom. The van der Waals surface area contributed by atoms with Crippen LogP contribution in [0, 0.1) is 5.92 Å². The molecule has 0 aliphatic heterocycles. The average molecular weight is 427 g/mol. The number of thioether (sulfide) groups is 1. The van der Waals surface area contributed by atoms with Crippen LogP contribution in [-0.2, 0) is 9.59 Å². The van der Waals surface area contributed by atoms with Crippen LogP contribution < -0.4 is 10.6 Å². The number of hydrogen-bond acceptors (Lipinski definition) is 6. The van der Waals surface area contributed by atoms with Crippen molar-refractivity contribution >= 4 is 40.0 Å². The van der Waals surface area contributed by atoms with Crippen LogP contribution in [0.3, 0.4) is 0 Å². The van der Waals surface area contributed by atoms with Gasteiger partial charge in [-0.3, -0.25) is 9.59 Å². The van der Waals surface area contributed by atoms with Crippen molar-refractivity contribution in [2.75, 3.05) is 11.1 Å². The number of nitrogens with zero attached hydrogens (tertiary/aromatic N) is 2. The molecule has 1 heterocycles. The van der Waals surface area contributed by atoms with Gasteiger partial charge in [-0.15, -0.1) is 10.2 Å². The molecule has 0 saturated carbocycles. The molecular weight excluding hydrogens is 404 g/mol. The molecule has 8 heteroatoms. The fraction of sp³-hybridized carbons (Fsp3) is 0.238. The predicted molar refractivity (Wildman–Crippen MR) is 117 cm³/mol. The molecular formula is C21H22N4O2S2. The van der Waals surface area contributed by atoms with Crippen molar-refractivity contribution in [3.05, 3.63) is 71.8 Å². The fourth-order valence-electron chi connectivity index (χ4n) is 2.55. The maximum absolute atomic E-state index is 12.6. The Balaban J connectivity index is 1.61. The molecule has 0 atom stereocenters. The van der Waals surface area contributed by atoms with Gasteiger partial charge < -0.3 is 10.6 Å². The summed E-state index contributed by atoms with van der Waals surface area (Å²) in [5.41, 5.74) is 2.04. The Morgan fingerprint density at radius 3 is 2.10 bits per heavy atom. The van der Waals surface area contributed by atoms with E-state index >= 15 is 0 Å². The molecule has 0 unspecified atom stereocenters. The summed E-state index contributed by atoms with van der Waals surface area (Å²) < 4.78 is 0.634. The highest BCUT2D eigenvalue weighted by Crippen LogP contribution is 2.26. The first-order valence-corrected chi connectivity index (χ1v) is 11.0. The Bertz CT molecular complexity index is 906. The maximum atomic E-state index is 12.6. The van der Waals surface area contributed by atoms with E-state index in [0.29, 0.717) is 9.47 Å². The zero-order valence-electron chi connectivity index (χ0n) is 16.2. The summed E-state index contributed by atoms with van der Waals surface area (Å²) in [5, 5.41) is 14.2. The third kappa shape index (κ3) is 6.13. The van der Waals surface area contributed by atoms with Crippen molar-refractivity contribution in [2.24, 2.45) is 5.92 Å². The first-order chi connectivity index (χ1) is 14.0. The lowest BCUT2D eigenvalue weighted by Gasteiger charge is -2.19. The van der Waals surface area contributed by atoms with E-state index in [-0.39, 0.29) is 29.5 Å². The van der Waals surface area contributed by atoms with Gasteiger partial charge in [0, 0.05) is 5.92 Å². The minimum atomic E-state index is -0.221. The number of amides is 2. The minimum absolute atomic E-state index is 0.101. The molecule has 0 bridgehead atoms. The third-order valence-corrected chi connectivity index (χ3v) is 6.03. The molecule has 0 aliphatic rings. The first-order valence-electron chi connectivity index (χ1n) is 9.19. The molecule has 2 aromatic carbocycles. The summed E-state index contributed by atoms with van der Waals surface area (Å²) in [6.45, 7) is 3.62. The van der Waals surface area contributed by atoms with Crippen molar-refractivity contribution in [3.63, 3.8) is 0 Å². The van der Waals surface area contributed by atoms with Gasteiger partial charge >= 0.3 is 0 Å². The summed E-state index contributed by atoms with van der Waals surface area (Å²) >= 11 is 2.56. The lowest BCUT2D eigenvalue weighted by atomic mass is 9.99. The Labute approximate surface area is 178 Å². The van der Waals surface area contributed by atoms with Crippen LogP contribution in [-0.4, -0.2) is 27.8 Å². The maximum Gasteiger partial charge on any atom is 0.231 e. The molecule has 0 aliphatic carbocycles. The first kappa shape index (κ1) is 21.0. The molecule has 2 N–H and O–H groups in total. The van der Waals surface area contributed by atoms with E-state index in [2.05, 4.69) is 20.8 Å². The van der Waals surface area contributed by atoms with E-state index in [1.165, 1.54) is 23.1 Å². The molecule has 6 nitrogen and oxygen atoms in total. The summed E-state index contributed by atoms with van der Waals surface area (Å²) in [7, 11) is 0. The number of hydrogen-bond donors (Lipinski definition) is 2. The molecule has 3 rings (SSSR count). The van der Waals surface area contributed by atoms with Crippen molar-refractivity contribution in [1.82, 2.24) is 15.5 Å². The second-order valence-corrected chi connectivity index (χ2v) is 8.83. The second-order valence-electron chi connectivity index (χ2n) is 6.63. The summed E-state index contributed by atoms with van der Waals surface area (Å²) in [6, 6.07) is 19.5. The van der Waals surface area contributed by atoms with E-state index in [1.54, 1.807) is 0 Å². The normalized spacial score (nSPS) is 10.9. The highest BCUT2D eigenvalue weighted by atomic mass is 32.2. The number of benzene rings is 2. The summed E-state index contributed by atoms with van der Waals surface area (Å²) in [6.07, 6.45) is 0. The molecule has 0 spiro atoms. The molecule has 3 aromatic rings. The Hall–Kier alpha value is -2.71. The number of rotatable bonds is 8. The van der Waals surface area contributed by atoms with E-state index in [0.717, 1.165) is 11.1 Å². The topological polar surface area (TPSA) is 84.0 Å². The second kappa shape index (κ2) is 10.2. The molecule has 29 heavy (non-hydrogen) atoms. The van der Waals surface area contributed by atoms with Gasteiger partial charge in [-0.05, 0) is 11.1 Å². The van der Waals surface area contributed by atoms with E-state index in [1.807, 2.05) is 74.5 Å². The van der Waals surface area contributed by atoms with Crippen LogP contribution in [0.4, 0.5) is 5.13 Å². The SMILES string of the molecule is CC(C)C(=O)Nc1nnc(SCC(=O)NC(c2ccccc2)c2ccccc2)s1. The minimum Gasteiger partial charge on any atom is -0.344 e. The number of aromatic nitrogens is 2. The van der Waals surface area contributed by atoms with Gasteiger partial charge in [0.1, 0.15) is 0 Å². The fourth-order valence-corrected chi connectivity index (χ4v) is 4.11. The molecule has 0 fully saturated rings. The molecule has 0 radical (unpaired) electrons. The standard InChI is InChI=1S/C21H22N4O2S2/c1-14(2)19(27)23-20-24-25-21(29-20)28-13-17(26)22-18(15-9-5-3-6-10-15)16-11-7-4-8-12-16/h3-12,14,18H,13H2,1-2H3,(H,22,26)(H,23,24,27). The number of carbonyl (C=O) groups is 2. The third-order valence-electron chi connectivity index (χ3n) is 4.06. The van der Waals surface area contributed by atoms with E-state index in [4.69, 9.17) is 0 Å². The predicted octanol–water partition coefficient (Wildman–Crippen LogP) is 4.13. The monoisotopic (exact) mass is 426 g/mol. The zero-order chi connectivity index (χ0) is 20.6. The van der Waals surface area contributed by atoms with Gasteiger partial charge in [0.05, 0.1) is 11.8 Å². The van der Waals surface area contributed by atoms with Gasteiger partial charge in [-0.25, -0.2) is 0 Å². The summed E-state index contributed by atoms with van der Waals surface area (Å²) in [5.74, 6) is -0.128. The van der Waals surface area contributed by atoms with Crippen LogP contribution in [0.2, 0.25) is 0 Å². The molecule has 2 amide bonds. The van der Waals surface area contributed by atoms with Crippen molar-refractivity contribution < 1.29 is 9.59 Å². The van der Waals surface area contributed by atoms with Crippen molar-refractivity contribution in [1.29, 1.82) is 0 Å². The van der Waals surface area contributed by atoms with Gasteiger partial charge in [-0.1, -0.05) is 97.6 Å². The quantitative estimate of drug-likeness (QED) is 0.418. The van der Waals surface area contributed by atoms with Crippen molar-refractivity contribution in [2.45, 2.75) is 24.2 Å². The summed E-state index contributed by atoms with van der Waals surface area (Å²) in [4.78, 5) is 24.3. The highest BCUT2D eigenvalue weighted by molar-refractivity contribution is 8.01. The van der Waals surface area contributed by atoms with Gasteiger partial charge in [0.25, 0.3) is 0 Å². The Kier molecular flexibility index (Phi) is 7.37. The molecule has 0 saturated heterocycles. The van der Waals surface area contributed by atoms with Crippen LogP contribution in [0.25, 0.3) is 0 Å². The highest BCUT2D eigenvalue weighted by Gasteiger charge is 2.17.